The first kappa shape index (κ1) is 19.7. The Bertz CT molecular complexity index is 1140. The normalized spacial score (nSPS) is 12.4. The van der Waals surface area contributed by atoms with Crippen LogP contribution in [0.5, 0.6) is 0 Å². The monoisotopic (exact) mass is 384 g/mol. The molecule has 2 aromatic heterocycles. The molecule has 0 saturated heterocycles. The van der Waals surface area contributed by atoms with Crippen molar-refractivity contribution in [3.8, 4) is 0 Å². The highest BCUT2D eigenvalue weighted by atomic mass is 16.4. The highest BCUT2D eigenvalue weighted by Gasteiger charge is 2.17. The van der Waals surface area contributed by atoms with Gasteiger partial charge in [0.1, 0.15) is 16.9 Å². The Hall–Kier alpha value is -3.09. The van der Waals surface area contributed by atoms with Crippen LogP contribution in [-0.2, 0) is 16.0 Å². The van der Waals surface area contributed by atoms with Gasteiger partial charge in [-0.2, -0.15) is 0 Å². The third-order valence-electron chi connectivity index (χ3n) is 5.21. The van der Waals surface area contributed by atoms with Crippen molar-refractivity contribution in [3.05, 3.63) is 45.0 Å². The summed E-state index contributed by atoms with van der Waals surface area (Å²) < 4.78 is 11.1. The maximum atomic E-state index is 12.4. The van der Waals surface area contributed by atoms with E-state index >= 15 is 0 Å². The topological polar surface area (TPSA) is 113 Å². The van der Waals surface area contributed by atoms with Crippen LogP contribution in [0.4, 0.5) is 0 Å². The number of nitrogens with one attached hydrogen (secondary N) is 1. The smallest absolute Gasteiger partial charge is 0.339 e. The Balaban J connectivity index is 1.92. The second kappa shape index (κ2) is 7.50. The fourth-order valence-corrected chi connectivity index (χ4v) is 3.35. The van der Waals surface area contributed by atoms with Crippen LogP contribution >= 0.6 is 0 Å². The number of carbonyl (C=O) groups is 2. The van der Waals surface area contributed by atoms with Crippen molar-refractivity contribution >= 4 is 33.8 Å². The maximum absolute atomic E-state index is 12.4. The third-order valence-corrected chi connectivity index (χ3v) is 5.21. The lowest BCUT2D eigenvalue weighted by Crippen LogP contribution is -2.47. The molecule has 0 unspecified atom stereocenters. The number of carbonyl (C=O) groups excluding carboxylic acids is 2. The fraction of sp³-hybridized carbons (Fsp3) is 0.381. The van der Waals surface area contributed by atoms with Crippen LogP contribution in [0.15, 0.2) is 25.8 Å². The summed E-state index contributed by atoms with van der Waals surface area (Å²) in [6.07, 6.45) is 0.360. The minimum Gasteiger partial charge on any atom is -0.548 e. The van der Waals surface area contributed by atoms with Gasteiger partial charge in [0.05, 0.1) is 12.0 Å². The van der Waals surface area contributed by atoms with Crippen LogP contribution in [0.1, 0.15) is 42.2 Å². The molecule has 0 radical (unpaired) electrons. The SMILES string of the molecule is CC[C@H](NC(=O)CCc1c(C)c2cc3c(C)c(C)oc3cc2oc1=O)C(=O)[O-]. The second-order valence-corrected chi connectivity index (χ2v) is 6.97. The molecule has 28 heavy (non-hydrogen) atoms. The van der Waals surface area contributed by atoms with Gasteiger partial charge in [-0.1, -0.05) is 6.92 Å². The number of hydrogen-bond acceptors (Lipinski definition) is 6. The molecule has 148 valence electrons. The van der Waals surface area contributed by atoms with E-state index < -0.39 is 23.5 Å². The van der Waals surface area contributed by atoms with Crippen LogP contribution in [0, 0.1) is 20.8 Å². The first-order chi connectivity index (χ1) is 13.2. The molecule has 0 aliphatic heterocycles. The van der Waals surface area contributed by atoms with Gasteiger partial charge in [0.15, 0.2) is 0 Å². The van der Waals surface area contributed by atoms with E-state index in [1.165, 1.54) is 0 Å². The van der Waals surface area contributed by atoms with Crippen molar-refractivity contribution in [1.82, 2.24) is 5.32 Å². The Morgan fingerprint density at radius 3 is 2.36 bits per heavy atom. The van der Waals surface area contributed by atoms with Gasteiger partial charge in [0.2, 0.25) is 5.91 Å². The standard InChI is InChI=1S/C21H23NO6/c1-5-16(20(24)25)22-19(23)7-6-13-11(3)15-8-14-10(2)12(4)27-17(14)9-18(15)28-21(13)26/h8-9,16H,5-7H2,1-4H3,(H,22,23)(H,24,25)/p-1/t16-/m0/s1. The molecule has 0 aliphatic carbocycles. The van der Waals surface area contributed by atoms with Gasteiger partial charge in [0.25, 0.3) is 0 Å². The number of hydrogen-bond donors (Lipinski definition) is 1. The number of benzene rings is 1. The molecule has 3 rings (SSSR count). The summed E-state index contributed by atoms with van der Waals surface area (Å²) in [5.74, 6) is -0.973. The van der Waals surface area contributed by atoms with Gasteiger partial charge in [-0.25, -0.2) is 4.79 Å². The molecule has 1 amide bonds. The third kappa shape index (κ3) is 3.52. The molecule has 0 spiro atoms. The molecule has 7 nitrogen and oxygen atoms in total. The van der Waals surface area contributed by atoms with Crippen molar-refractivity contribution in [2.24, 2.45) is 0 Å². The van der Waals surface area contributed by atoms with Gasteiger partial charge in [-0.3, -0.25) is 4.79 Å². The zero-order valence-corrected chi connectivity index (χ0v) is 16.3. The quantitative estimate of drug-likeness (QED) is 0.651. The Morgan fingerprint density at radius 2 is 1.71 bits per heavy atom. The molecule has 0 fully saturated rings. The Kier molecular flexibility index (Phi) is 5.27. The lowest BCUT2D eigenvalue weighted by Gasteiger charge is -2.17. The Labute approximate surface area is 161 Å². The molecular weight excluding hydrogens is 362 g/mol. The van der Waals surface area contributed by atoms with E-state index in [4.69, 9.17) is 8.83 Å². The number of aryl methyl sites for hydroxylation is 3. The first-order valence-electron chi connectivity index (χ1n) is 9.19. The predicted octanol–water partition coefficient (Wildman–Crippen LogP) is 2.04. The van der Waals surface area contributed by atoms with Crippen LogP contribution in [0.3, 0.4) is 0 Å². The van der Waals surface area contributed by atoms with E-state index in [-0.39, 0.29) is 19.3 Å². The van der Waals surface area contributed by atoms with Crippen molar-refractivity contribution in [1.29, 1.82) is 0 Å². The molecule has 2 heterocycles. The number of furan rings is 1. The van der Waals surface area contributed by atoms with Crippen LogP contribution in [0.25, 0.3) is 21.9 Å². The molecule has 0 saturated carbocycles. The average molecular weight is 384 g/mol. The van der Waals surface area contributed by atoms with Gasteiger partial charge in [0, 0.05) is 28.8 Å². The number of carboxylic acid groups (broad SMARTS) is 1. The predicted molar refractivity (Wildman–Crippen MR) is 102 cm³/mol. The summed E-state index contributed by atoms with van der Waals surface area (Å²) in [7, 11) is 0. The molecule has 7 heteroatoms. The number of carboxylic acids is 1. The summed E-state index contributed by atoms with van der Waals surface area (Å²) in [6.45, 7) is 7.30. The average Bonchev–Trinajstić information content (AvgIpc) is 2.91. The number of fused-ring (bicyclic) bond motifs is 2. The number of aliphatic carboxylic acids is 1. The molecule has 1 atom stereocenters. The summed E-state index contributed by atoms with van der Waals surface area (Å²) in [5.41, 5.74) is 2.75. The highest BCUT2D eigenvalue weighted by Crippen LogP contribution is 2.31. The van der Waals surface area contributed by atoms with Crippen LogP contribution < -0.4 is 16.0 Å². The number of rotatable bonds is 6. The maximum Gasteiger partial charge on any atom is 0.339 e. The summed E-state index contributed by atoms with van der Waals surface area (Å²) in [5, 5.41) is 15.1. The van der Waals surface area contributed by atoms with E-state index in [0.717, 1.165) is 27.7 Å². The lowest BCUT2D eigenvalue weighted by atomic mass is 10.00. The van der Waals surface area contributed by atoms with Gasteiger partial charge >= 0.3 is 5.63 Å². The summed E-state index contributed by atoms with van der Waals surface area (Å²) in [4.78, 5) is 35.4. The van der Waals surface area contributed by atoms with Gasteiger partial charge in [-0.05, 0) is 50.8 Å². The highest BCUT2D eigenvalue weighted by molar-refractivity contribution is 5.96. The molecule has 0 aliphatic rings. The zero-order valence-electron chi connectivity index (χ0n) is 16.3. The Morgan fingerprint density at radius 1 is 1.07 bits per heavy atom. The molecule has 0 bridgehead atoms. The fourth-order valence-electron chi connectivity index (χ4n) is 3.35. The van der Waals surface area contributed by atoms with Crippen LogP contribution in [-0.4, -0.2) is 17.9 Å². The molecule has 1 N–H and O–H groups in total. The van der Waals surface area contributed by atoms with Gasteiger partial charge in [-0.15, -0.1) is 0 Å². The van der Waals surface area contributed by atoms with E-state index in [1.807, 2.05) is 26.8 Å². The van der Waals surface area contributed by atoms with Crippen LogP contribution in [0.2, 0.25) is 0 Å². The van der Waals surface area contributed by atoms with Crippen molar-refractivity contribution in [2.45, 2.75) is 53.0 Å². The molecular formula is C21H22NO6-. The summed E-state index contributed by atoms with van der Waals surface area (Å²) >= 11 is 0. The van der Waals surface area contributed by atoms with Crippen molar-refractivity contribution in [3.63, 3.8) is 0 Å². The van der Waals surface area contributed by atoms with E-state index in [2.05, 4.69) is 5.32 Å². The van der Waals surface area contributed by atoms with E-state index in [9.17, 15) is 19.5 Å². The van der Waals surface area contributed by atoms with Crippen molar-refractivity contribution in [2.75, 3.05) is 0 Å². The minimum atomic E-state index is -1.33. The molecule has 1 aromatic carbocycles. The van der Waals surface area contributed by atoms with Crippen molar-refractivity contribution < 1.29 is 23.5 Å². The zero-order chi connectivity index (χ0) is 20.6. The largest absolute Gasteiger partial charge is 0.548 e. The van der Waals surface area contributed by atoms with Gasteiger partial charge < -0.3 is 24.1 Å². The van der Waals surface area contributed by atoms with E-state index in [1.54, 1.807) is 13.0 Å². The van der Waals surface area contributed by atoms with E-state index in [0.29, 0.717) is 16.7 Å². The lowest BCUT2D eigenvalue weighted by molar-refractivity contribution is -0.308. The minimum absolute atomic E-state index is 0.0209. The first-order valence-corrected chi connectivity index (χ1v) is 9.19. The number of amides is 1. The summed E-state index contributed by atoms with van der Waals surface area (Å²) in [6, 6.07) is 2.60. The molecule has 3 aromatic rings. The second-order valence-electron chi connectivity index (χ2n) is 6.97.